The normalized spacial score (nSPS) is 16.2. The predicted molar refractivity (Wildman–Crippen MR) is 152 cm³/mol. The third-order valence-corrected chi connectivity index (χ3v) is 7.29. The second-order valence-corrected chi connectivity index (χ2v) is 11.6. The van der Waals surface area contributed by atoms with Crippen LogP contribution in [0.4, 0.5) is 15.1 Å². The molecule has 0 aliphatic carbocycles. The summed E-state index contributed by atoms with van der Waals surface area (Å²) in [6, 6.07) is 10.6. The predicted octanol–water partition coefficient (Wildman–Crippen LogP) is 5.19. The van der Waals surface area contributed by atoms with Crippen LogP contribution in [0.25, 0.3) is 21.9 Å². The number of pyridine rings is 1. The zero-order chi connectivity index (χ0) is 28.1. The molecule has 4 aromatic rings. The second kappa shape index (κ2) is 10.0. The van der Waals surface area contributed by atoms with E-state index in [4.69, 9.17) is 9.72 Å². The highest BCUT2D eigenvalue weighted by Gasteiger charge is 2.29. The van der Waals surface area contributed by atoms with E-state index in [0.29, 0.717) is 30.1 Å². The number of nitrogens with one attached hydrogen (secondary N) is 1. The number of carbonyl (C=O) groups excluding carboxylic acids is 1. The van der Waals surface area contributed by atoms with Gasteiger partial charge in [0.15, 0.2) is 0 Å². The molecule has 1 fully saturated rings. The minimum Gasteiger partial charge on any atom is -0.444 e. The van der Waals surface area contributed by atoms with Crippen molar-refractivity contribution in [1.29, 1.82) is 0 Å². The molecule has 9 heteroatoms. The van der Waals surface area contributed by atoms with E-state index in [-0.39, 0.29) is 17.4 Å². The number of alkyl carbamates (subject to hydrolysis) is 1. The van der Waals surface area contributed by atoms with Crippen molar-refractivity contribution in [1.82, 2.24) is 19.4 Å². The Morgan fingerprint density at radius 1 is 1.18 bits per heavy atom. The van der Waals surface area contributed by atoms with Gasteiger partial charge in [-0.15, -0.1) is 0 Å². The van der Waals surface area contributed by atoms with Crippen LogP contribution < -0.4 is 15.8 Å². The summed E-state index contributed by atoms with van der Waals surface area (Å²) >= 11 is 0. The summed E-state index contributed by atoms with van der Waals surface area (Å²) in [5.41, 5.74) is 3.94. The average Bonchev–Trinajstić information content (AvgIpc) is 3.23. The summed E-state index contributed by atoms with van der Waals surface area (Å²) in [5.74, 6) is 0.310. The van der Waals surface area contributed by atoms with Gasteiger partial charge in [0, 0.05) is 31.6 Å². The Bertz CT molecular complexity index is 1630. The Kier molecular flexibility index (Phi) is 6.86. The Hall–Kier alpha value is -3.88. The first-order chi connectivity index (χ1) is 18.4. The van der Waals surface area contributed by atoms with E-state index in [2.05, 4.69) is 10.2 Å². The number of ether oxygens (including phenoxy) is 1. The van der Waals surface area contributed by atoms with E-state index in [1.807, 2.05) is 57.4 Å². The second-order valence-electron chi connectivity index (χ2n) is 11.6. The molecule has 1 amide bonds. The number of rotatable bonds is 4. The van der Waals surface area contributed by atoms with Crippen LogP contribution >= 0.6 is 0 Å². The van der Waals surface area contributed by atoms with Gasteiger partial charge in [-0.25, -0.2) is 14.2 Å². The van der Waals surface area contributed by atoms with Gasteiger partial charge in [0.1, 0.15) is 22.5 Å². The minimum absolute atomic E-state index is 0.139. The van der Waals surface area contributed by atoms with Crippen LogP contribution in [0.1, 0.15) is 50.3 Å². The number of nitrogens with zero attached hydrogens (tertiary/aromatic N) is 4. The number of aryl methyl sites for hydroxylation is 3. The summed E-state index contributed by atoms with van der Waals surface area (Å²) in [7, 11) is 1.77. The maximum atomic E-state index is 14.3. The first-order valence-corrected chi connectivity index (χ1v) is 13.4. The highest BCUT2D eigenvalue weighted by molar-refractivity contribution is 6.03. The van der Waals surface area contributed by atoms with Gasteiger partial charge >= 0.3 is 6.09 Å². The van der Waals surface area contributed by atoms with E-state index in [0.717, 1.165) is 47.0 Å². The molecular weight excluding hydrogens is 497 g/mol. The molecule has 2 aromatic carbocycles. The lowest BCUT2D eigenvalue weighted by molar-refractivity contribution is 0.0499. The fourth-order valence-corrected chi connectivity index (χ4v) is 5.36. The van der Waals surface area contributed by atoms with Crippen molar-refractivity contribution in [2.24, 2.45) is 7.05 Å². The smallest absolute Gasteiger partial charge is 0.407 e. The van der Waals surface area contributed by atoms with Gasteiger partial charge in [0.05, 0.1) is 12.1 Å². The number of fused-ring (bicyclic) bond motifs is 3. The Balaban J connectivity index is 1.63. The summed E-state index contributed by atoms with van der Waals surface area (Å²) in [6.07, 6.45) is 1.19. The van der Waals surface area contributed by atoms with Crippen LogP contribution in [0.3, 0.4) is 0 Å². The molecule has 39 heavy (non-hydrogen) atoms. The van der Waals surface area contributed by atoms with E-state index < -0.39 is 11.7 Å². The van der Waals surface area contributed by atoms with Gasteiger partial charge in [-0.3, -0.25) is 4.79 Å². The first kappa shape index (κ1) is 26.7. The quantitative estimate of drug-likeness (QED) is 0.391. The van der Waals surface area contributed by atoms with Crippen molar-refractivity contribution in [3.05, 3.63) is 69.3 Å². The molecule has 0 radical (unpaired) electrons. The van der Waals surface area contributed by atoms with Crippen molar-refractivity contribution < 1.29 is 13.9 Å². The highest BCUT2D eigenvalue weighted by Crippen LogP contribution is 2.30. The molecule has 1 saturated heterocycles. The van der Waals surface area contributed by atoms with E-state index in [1.54, 1.807) is 17.7 Å². The van der Waals surface area contributed by atoms with Crippen molar-refractivity contribution >= 4 is 34.0 Å². The van der Waals surface area contributed by atoms with Gasteiger partial charge < -0.3 is 24.1 Å². The number of carbonyl (C=O) groups is 1. The Morgan fingerprint density at radius 3 is 2.69 bits per heavy atom. The van der Waals surface area contributed by atoms with Gasteiger partial charge in [-0.1, -0.05) is 18.2 Å². The Morgan fingerprint density at radius 2 is 1.95 bits per heavy atom. The lowest BCUT2D eigenvalue weighted by Gasteiger charge is -2.34. The maximum absolute atomic E-state index is 14.3. The molecule has 1 unspecified atom stereocenters. The molecule has 0 bridgehead atoms. The molecule has 206 valence electrons. The molecule has 0 spiro atoms. The molecular formula is C30H36FN5O3. The summed E-state index contributed by atoms with van der Waals surface area (Å²) in [5, 5.41) is 3.88. The monoisotopic (exact) mass is 533 g/mol. The topological polar surface area (TPSA) is 81.4 Å². The lowest BCUT2D eigenvalue weighted by Crippen LogP contribution is -2.49. The third kappa shape index (κ3) is 5.35. The summed E-state index contributed by atoms with van der Waals surface area (Å²) < 4.78 is 23.3. The number of benzene rings is 2. The Labute approximate surface area is 227 Å². The molecule has 0 saturated carbocycles. The van der Waals surface area contributed by atoms with Crippen LogP contribution in [0.15, 0.2) is 41.2 Å². The number of aromatic nitrogens is 3. The van der Waals surface area contributed by atoms with Crippen LogP contribution in [-0.4, -0.2) is 44.9 Å². The lowest BCUT2D eigenvalue weighted by atomic mass is 10.1. The molecule has 1 atom stereocenters. The zero-order valence-corrected chi connectivity index (χ0v) is 23.5. The number of hydrogen-bond donors (Lipinski definition) is 1. The number of imidazole rings is 1. The maximum Gasteiger partial charge on any atom is 0.407 e. The van der Waals surface area contributed by atoms with Crippen LogP contribution in [0.2, 0.25) is 0 Å². The number of hydrogen-bond acceptors (Lipinski definition) is 5. The van der Waals surface area contributed by atoms with Crippen LogP contribution in [0, 0.1) is 19.7 Å². The molecule has 8 nitrogen and oxygen atoms in total. The fourth-order valence-electron chi connectivity index (χ4n) is 5.36. The first-order valence-electron chi connectivity index (χ1n) is 13.4. The number of halogens is 1. The van der Waals surface area contributed by atoms with Gasteiger partial charge in [0.25, 0.3) is 5.56 Å². The average molecular weight is 534 g/mol. The molecule has 1 aliphatic heterocycles. The molecule has 1 aliphatic rings. The SMILES string of the molecule is Cc1ccc2c3nc(N4CCCC(NC(=O)OC(C)(C)C)C4)n(Cc4cc(F)ccc4C)c3c(=O)n(C)c2c1. The number of piperidine rings is 1. The van der Waals surface area contributed by atoms with Crippen LogP contribution in [0.5, 0.6) is 0 Å². The highest BCUT2D eigenvalue weighted by atomic mass is 19.1. The third-order valence-electron chi connectivity index (χ3n) is 7.29. The summed E-state index contributed by atoms with van der Waals surface area (Å²) in [6.45, 7) is 11.0. The van der Waals surface area contributed by atoms with Crippen molar-refractivity contribution in [3.63, 3.8) is 0 Å². The van der Waals surface area contributed by atoms with E-state index in [9.17, 15) is 14.0 Å². The molecule has 3 heterocycles. The minimum atomic E-state index is -0.589. The van der Waals surface area contributed by atoms with Crippen molar-refractivity contribution in [2.45, 2.75) is 65.6 Å². The summed E-state index contributed by atoms with van der Waals surface area (Å²) in [4.78, 5) is 33.4. The van der Waals surface area contributed by atoms with Crippen LogP contribution in [-0.2, 0) is 18.3 Å². The zero-order valence-electron chi connectivity index (χ0n) is 23.5. The molecule has 1 N–H and O–H groups in total. The van der Waals surface area contributed by atoms with Gasteiger partial charge in [0.2, 0.25) is 5.95 Å². The molecule has 2 aromatic heterocycles. The van der Waals surface area contributed by atoms with Crippen molar-refractivity contribution in [2.75, 3.05) is 18.0 Å². The largest absolute Gasteiger partial charge is 0.444 e. The number of amides is 1. The molecule has 5 rings (SSSR count). The number of anilines is 1. The van der Waals surface area contributed by atoms with Gasteiger partial charge in [-0.2, -0.15) is 0 Å². The van der Waals surface area contributed by atoms with Gasteiger partial charge in [-0.05, 0) is 82.3 Å². The standard InChI is InChI=1S/C30H36FN5O3/c1-18-9-12-23-24(14-18)34(6)27(37)26-25(23)33-28(36(26)16-20-15-21(31)11-10-19(20)2)35-13-7-8-22(17-35)32-29(38)39-30(3,4)5/h9-12,14-15,22H,7-8,13,16-17H2,1-6H3,(H,32,38). The van der Waals surface area contributed by atoms with E-state index in [1.165, 1.54) is 12.1 Å². The van der Waals surface area contributed by atoms with Crippen molar-refractivity contribution in [3.8, 4) is 0 Å². The van der Waals surface area contributed by atoms with E-state index >= 15 is 0 Å². The fraction of sp³-hybridized carbons (Fsp3) is 0.433.